The van der Waals surface area contributed by atoms with Crippen LogP contribution in [0.5, 0.6) is 0 Å². The van der Waals surface area contributed by atoms with Crippen LogP contribution in [0.1, 0.15) is 24.4 Å². The van der Waals surface area contributed by atoms with Crippen molar-refractivity contribution in [1.29, 1.82) is 0 Å². The summed E-state index contributed by atoms with van der Waals surface area (Å²) in [6.45, 7) is 5.91. The third-order valence-electron chi connectivity index (χ3n) is 3.96. The molecule has 1 atom stereocenters. The molecule has 0 saturated carbocycles. The molecule has 0 bridgehead atoms. The van der Waals surface area contributed by atoms with Gasteiger partial charge in [0.05, 0.1) is 23.6 Å². The zero-order valence-corrected chi connectivity index (χ0v) is 15.2. The van der Waals surface area contributed by atoms with E-state index in [1.807, 2.05) is 43.3 Å². The number of nitrogens with zero attached hydrogens (tertiary/aromatic N) is 2. The first kappa shape index (κ1) is 17.5. The third-order valence-corrected chi connectivity index (χ3v) is 4.55. The average molecular weight is 374 g/mol. The molecule has 0 radical (unpaired) electrons. The number of benzene rings is 2. The standard InChI is InChI=1S/C19H17Cl2N3O/c1-3-18(25)22-12(2)19-23-16-6-4-5-7-17(16)24(19)11-13-8-9-14(20)10-15(13)21/h3-10,12H,1,11H2,2H3,(H,22,25). The number of carbonyl (C=O) groups is 1. The summed E-state index contributed by atoms with van der Waals surface area (Å²) in [5, 5.41) is 4.05. The smallest absolute Gasteiger partial charge is 0.243 e. The molecule has 3 rings (SSSR count). The molecule has 1 unspecified atom stereocenters. The van der Waals surface area contributed by atoms with Gasteiger partial charge >= 0.3 is 0 Å². The molecular formula is C19H17Cl2N3O. The summed E-state index contributed by atoms with van der Waals surface area (Å²) in [5.74, 6) is 0.512. The second kappa shape index (κ2) is 7.30. The maximum absolute atomic E-state index is 11.7. The number of aromatic nitrogens is 2. The van der Waals surface area contributed by atoms with Crippen LogP contribution in [0.3, 0.4) is 0 Å². The van der Waals surface area contributed by atoms with Crippen LogP contribution in [-0.4, -0.2) is 15.5 Å². The molecule has 25 heavy (non-hydrogen) atoms. The number of imidazole rings is 1. The molecule has 0 aliphatic carbocycles. The van der Waals surface area contributed by atoms with Crippen LogP contribution in [-0.2, 0) is 11.3 Å². The number of hydrogen-bond donors (Lipinski definition) is 1. The fourth-order valence-corrected chi connectivity index (χ4v) is 3.22. The van der Waals surface area contributed by atoms with Gasteiger partial charge < -0.3 is 9.88 Å². The van der Waals surface area contributed by atoms with Gasteiger partial charge in [0.2, 0.25) is 5.91 Å². The van der Waals surface area contributed by atoms with E-state index in [1.54, 1.807) is 6.07 Å². The highest BCUT2D eigenvalue weighted by Crippen LogP contribution is 2.26. The minimum Gasteiger partial charge on any atom is -0.343 e. The van der Waals surface area contributed by atoms with Gasteiger partial charge in [-0.1, -0.05) is 48.0 Å². The number of para-hydroxylation sites is 2. The fourth-order valence-electron chi connectivity index (χ4n) is 2.75. The van der Waals surface area contributed by atoms with Gasteiger partial charge in [-0.15, -0.1) is 0 Å². The Morgan fingerprint density at radius 1 is 1.32 bits per heavy atom. The van der Waals surface area contributed by atoms with Crippen molar-refractivity contribution >= 4 is 40.1 Å². The molecule has 2 aromatic carbocycles. The Labute approximate surface area is 156 Å². The molecule has 4 nitrogen and oxygen atoms in total. The van der Waals surface area contributed by atoms with Crippen molar-refractivity contribution in [3.63, 3.8) is 0 Å². The van der Waals surface area contributed by atoms with Gasteiger partial charge in [-0.3, -0.25) is 4.79 Å². The third kappa shape index (κ3) is 3.70. The van der Waals surface area contributed by atoms with Crippen molar-refractivity contribution < 1.29 is 4.79 Å². The van der Waals surface area contributed by atoms with E-state index < -0.39 is 0 Å². The topological polar surface area (TPSA) is 46.9 Å². The van der Waals surface area contributed by atoms with Crippen molar-refractivity contribution in [2.24, 2.45) is 0 Å². The van der Waals surface area contributed by atoms with Gasteiger partial charge in [0.1, 0.15) is 5.82 Å². The molecule has 6 heteroatoms. The number of rotatable bonds is 5. The monoisotopic (exact) mass is 373 g/mol. The molecule has 0 aliphatic heterocycles. The summed E-state index contributed by atoms with van der Waals surface area (Å²) in [6, 6.07) is 13.0. The number of fused-ring (bicyclic) bond motifs is 1. The summed E-state index contributed by atoms with van der Waals surface area (Å²) in [4.78, 5) is 16.4. The number of hydrogen-bond acceptors (Lipinski definition) is 2. The Hall–Kier alpha value is -2.30. The molecule has 1 amide bonds. The Bertz CT molecular complexity index is 949. The number of amides is 1. The van der Waals surface area contributed by atoms with Crippen molar-refractivity contribution in [1.82, 2.24) is 14.9 Å². The van der Waals surface area contributed by atoms with Crippen LogP contribution >= 0.6 is 23.2 Å². The van der Waals surface area contributed by atoms with Crippen LogP contribution in [0.4, 0.5) is 0 Å². The van der Waals surface area contributed by atoms with Gasteiger partial charge in [-0.25, -0.2) is 4.98 Å². The fraction of sp³-hybridized carbons (Fsp3) is 0.158. The molecule has 3 aromatic rings. The number of halogens is 2. The Balaban J connectivity index is 2.06. The molecule has 1 heterocycles. The molecule has 0 spiro atoms. The molecule has 0 saturated heterocycles. The first-order valence-electron chi connectivity index (χ1n) is 7.81. The van der Waals surface area contributed by atoms with Crippen molar-refractivity contribution in [3.05, 3.63) is 76.6 Å². The molecule has 1 aromatic heterocycles. The van der Waals surface area contributed by atoms with E-state index in [-0.39, 0.29) is 11.9 Å². The van der Waals surface area contributed by atoms with E-state index in [4.69, 9.17) is 23.2 Å². The quantitative estimate of drug-likeness (QED) is 0.655. The molecule has 1 N–H and O–H groups in total. The van der Waals surface area contributed by atoms with Gasteiger partial charge in [-0.2, -0.15) is 0 Å². The van der Waals surface area contributed by atoms with E-state index in [2.05, 4.69) is 21.4 Å². The maximum Gasteiger partial charge on any atom is 0.243 e. The zero-order valence-electron chi connectivity index (χ0n) is 13.7. The lowest BCUT2D eigenvalue weighted by atomic mass is 10.2. The van der Waals surface area contributed by atoms with Crippen LogP contribution in [0.15, 0.2) is 55.1 Å². The maximum atomic E-state index is 11.7. The SMILES string of the molecule is C=CC(=O)NC(C)c1nc2ccccc2n1Cc1ccc(Cl)cc1Cl. The second-order valence-corrected chi connectivity index (χ2v) is 6.56. The predicted octanol–water partition coefficient (Wildman–Crippen LogP) is 4.75. The van der Waals surface area contributed by atoms with E-state index in [0.29, 0.717) is 16.6 Å². The first-order valence-corrected chi connectivity index (χ1v) is 8.57. The number of carbonyl (C=O) groups excluding carboxylic acids is 1. The number of nitrogens with one attached hydrogen (secondary N) is 1. The highest BCUT2D eigenvalue weighted by molar-refractivity contribution is 6.35. The van der Waals surface area contributed by atoms with Gasteiger partial charge in [0.15, 0.2) is 0 Å². The van der Waals surface area contributed by atoms with Crippen molar-refractivity contribution in [3.8, 4) is 0 Å². The molecule has 0 aliphatic rings. The first-order chi connectivity index (χ1) is 12.0. The van der Waals surface area contributed by atoms with Crippen LogP contribution < -0.4 is 5.32 Å². The Morgan fingerprint density at radius 3 is 2.80 bits per heavy atom. The highest BCUT2D eigenvalue weighted by atomic mass is 35.5. The van der Waals surface area contributed by atoms with Crippen molar-refractivity contribution in [2.75, 3.05) is 0 Å². The van der Waals surface area contributed by atoms with E-state index in [9.17, 15) is 4.79 Å². The Kier molecular flexibility index (Phi) is 5.11. The van der Waals surface area contributed by atoms with Crippen LogP contribution in [0.2, 0.25) is 10.0 Å². The summed E-state index contributed by atoms with van der Waals surface area (Å²) >= 11 is 12.3. The minimum absolute atomic E-state index is 0.240. The van der Waals surface area contributed by atoms with Gasteiger partial charge in [0, 0.05) is 10.0 Å². The largest absolute Gasteiger partial charge is 0.343 e. The lowest BCUT2D eigenvalue weighted by Crippen LogP contribution is -2.27. The van der Waals surface area contributed by atoms with Gasteiger partial charge in [-0.05, 0) is 42.8 Å². The Morgan fingerprint density at radius 2 is 2.08 bits per heavy atom. The lowest BCUT2D eigenvalue weighted by Gasteiger charge is -2.16. The van der Waals surface area contributed by atoms with Gasteiger partial charge in [0.25, 0.3) is 0 Å². The molecule has 128 valence electrons. The van der Waals surface area contributed by atoms with Crippen LogP contribution in [0.25, 0.3) is 11.0 Å². The summed E-state index contributed by atoms with van der Waals surface area (Å²) < 4.78 is 2.05. The predicted molar refractivity (Wildman–Crippen MR) is 102 cm³/mol. The van der Waals surface area contributed by atoms with E-state index in [0.717, 1.165) is 22.4 Å². The molecule has 0 fully saturated rings. The minimum atomic E-state index is -0.274. The highest BCUT2D eigenvalue weighted by Gasteiger charge is 2.18. The average Bonchev–Trinajstić information content (AvgIpc) is 2.96. The van der Waals surface area contributed by atoms with Crippen LogP contribution in [0, 0.1) is 0 Å². The van der Waals surface area contributed by atoms with E-state index in [1.165, 1.54) is 6.08 Å². The lowest BCUT2D eigenvalue weighted by molar-refractivity contribution is -0.117. The van der Waals surface area contributed by atoms with E-state index >= 15 is 0 Å². The molecular weight excluding hydrogens is 357 g/mol. The second-order valence-electron chi connectivity index (χ2n) is 5.71. The summed E-state index contributed by atoms with van der Waals surface area (Å²) in [7, 11) is 0. The summed E-state index contributed by atoms with van der Waals surface area (Å²) in [6.07, 6.45) is 1.25. The van der Waals surface area contributed by atoms with Crippen molar-refractivity contribution in [2.45, 2.75) is 19.5 Å². The normalized spacial score (nSPS) is 12.1. The summed E-state index contributed by atoms with van der Waals surface area (Å²) in [5.41, 5.74) is 2.77. The zero-order chi connectivity index (χ0) is 18.0.